The van der Waals surface area contributed by atoms with Gasteiger partial charge in [-0.2, -0.15) is 0 Å². The molecule has 0 amide bonds. The molecule has 0 saturated heterocycles. The third-order valence-electron chi connectivity index (χ3n) is 4.38. The molecule has 0 unspecified atom stereocenters. The standard InChI is InChI=1S/C20H20O5/c1-3-24-20(22)19-16(18-5-4-10-25-18)11-14(12-17(19)21)13-6-8-15(23-2)9-7-13/h4-10,12,16,19H,3,11H2,1-2H3/t16-,19-/m0/s1. The summed E-state index contributed by atoms with van der Waals surface area (Å²) >= 11 is 0. The van der Waals surface area contributed by atoms with Gasteiger partial charge in [-0.3, -0.25) is 9.59 Å². The number of carbonyl (C=O) groups excluding carboxylic acids is 2. The van der Waals surface area contributed by atoms with E-state index in [4.69, 9.17) is 13.9 Å². The Morgan fingerprint density at radius 3 is 2.60 bits per heavy atom. The maximum Gasteiger partial charge on any atom is 0.317 e. The maximum atomic E-state index is 12.7. The molecule has 0 N–H and O–H groups in total. The molecule has 1 aliphatic rings. The fourth-order valence-electron chi connectivity index (χ4n) is 3.16. The molecule has 1 heterocycles. The third-order valence-corrected chi connectivity index (χ3v) is 4.38. The molecule has 2 aromatic rings. The molecule has 0 saturated carbocycles. The SMILES string of the molecule is CCOC(=O)[C@@H]1C(=O)C=C(c2ccc(OC)cc2)C[C@H]1c1ccco1. The van der Waals surface area contributed by atoms with Gasteiger partial charge in [-0.25, -0.2) is 0 Å². The predicted octanol–water partition coefficient (Wildman–Crippen LogP) is 3.61. The van der Waals surface area contributed by atoms with Gasteiger partial charge in [0.05, 0.1) is 20.0 Å². The first-order valence-electron chi connectivity index (χ1n) is 8.23. The van der Waals surface area contributed by atoms with Crippen LogP contribution >= 0.6 is 0 Å². The van der Waals surface area contributed by atoms with E-state index in [0.29, 0.717) is 12.2 Å². The van der Waals surface area contributed by atoms with E-state index in [2.05, 4.69) is 0 Å². The van der Waals surface area contributed by atoms with Gasteiger partial charge in [0.2, 0.25) is 0 Å². The van der Waals surface area contributed by atoms with Crippen LogP contribution in [0.4, 0.5) is 0 Å². The lowest BCUT2D eigenvalue weighted by Gasteiger charge is -2.27. The van der Waals surface area contributed by atoms with Gasteiger partial charge in [0.1, 0.15) is 17.4 Å². The Labute approximate surface area is 146 Å². The van der Waals surface area contributed by atoms with Gasteiger partial charge < -0.3 is 13.9 Å². The van der Waals surface area contributed by atoms with Crippen LogP contribution in [0.25, 0.3) is 5.57 Å². The molecule has 1 aromatic heterocycles. The van der Waals surface area contributed by atoms with E-state index in [1.165, 1.54) is 0 Å². The average molecular weight is 340 g/mol. The van der Waals surface area contributed by atoms with Crippen molar-refractivity contribution in [3.05, 3.63) is 60.1 Å². The third kappa shape index (κ3) is 3.50. The minimum atomic E-state index is -0.868. The number of ether oxygens (including phenoxy) is 2. The summed E-state index contributed by atoms with van der Waals surface area (Å²) in [6.07, 6.45) is 3.62. The number of carbonyl (C=O) groups is 2. The molecule has 5 heteroatoms. The van der Waals surface area contributed by atoms with Gasteiger partial charge in [-0.05, 0) is 54.8 Å². The van der Waals surface area contributed by atoms with Crippen molar-refractivity contribution in [1.29, 1.82) is 0 Å². The Balaban J connectivity index is 1.96. The molecule has 3 rings (SSSR count). The van der Waals surface area contributed by atoms with Crippen molar-refractivity contribution in [2.75, 3.05) is 13.7 Å². The zero-order chi connectivity index (χ0) is 17.8. The van der Waals surface area contributed by atoms with E-state index in [0.717, 1.165) is 16.9 Å². The van der Waals surface area contributed by atoms with E-state index >= 15 is 0 Å². The van der Waals surface area contributed by atoms with E-state index in [9.17, 15) is 9.59 Å². The molecular weight excluding hydrogens is 320 g/mol. The van der Waals surface area contributed by atoms with Crippen LogP contribution in [-0.4, -0.2) is 25.5 Å². The smallest absolute Gasteiger partial charge is 0.317 e. The molecule has 5 nitrogen and oxygen atoms in total. The van der Waals surface area contributed by atoms with E-state index in [-0.39, 0.29) is 18.3 Å². The highest BCUT2D eigenvalue weighted by Crippen LogP contribution is 2.40. The minimum Gasteiger partial charge on any atom is -0.497 e. The van der Waals surface area contributed by atoms with Crippen molar-refractivity contribution in [2.45, 2.75) is 19.3 Å². The van der Waals surface area contributed by atoms with E-state index in [1.807, 2.05) is 24.3 Å². The quantitative estimate of drug-likeness (QED) is 0.614. The molecule has 25 heavy (non-hydrogen) atoms. The van der Waals surface area contributed by atoms with Crippen molar-refractivity contribution in [3.8, 4) is 5.75 Å². The first-order chi connectivity index (χ1) is 12.1. The molecular formula is C20H20O5. The van der Waals surface area contributed by atoms with Gasteiger partial charge in [0.15, 0.2) is 5.78 Å². The Kier molecular flexibility index (Phi) is 5.03. The van der Waals surface area contributed by atoms with Gasteiger partial charge in [0.25, 0.3) is 0 Å². The highest BCUT2D eigenvalue weighted by molar-refractivity contribution is 6.10. The molecule has 0 spiro atoms. The average Bonchev–Trinajstić information content (AvgIpc) is 3.16. The fraction of sp³-hybridized carbons (Fsp3) is 0.300. The zero-order valence-electron chi connectivity index (χ0n) is 14.2. The lowest BCUT2D eigenvalue weighted by molar-refractivity contribution is -0.151. The number of methoxy groups -OCH3 is 1. The van der Waals surface area contributed by atoms with Crippen LogP contribution in [0.5, 0.6) is 5.75 Å². The second-order valence-corrected chi connectivity index (χ2v) is 5.86. The van der Waals surface area contributed by atoms with Crippen molar-refractivity contribution in [2.24, 2.45) is 5.92 Å². The topological polar surface area (TPSA) is 65.7 Å². The van der Waals surface area contributed by atoms with Crippen LogP contribution in [-0.2, 0) is 14.3 Å². The summed E-state index contributed by atoms with van der Waals surface area (Å²) in [6.45, 7) is 1.97. The summed E-state index contributed by atoms with van der Waals surface area (Å²) in [5, 5.41) is 0. The minimum absolute atomic E-state index is 0.239. The number of esters is 1. The van der Waals surface area contributed by atoms with Gasteiger partial charge in [0, 0.05) is 5.92 Å². The Hall–Kier alpha value is -2.82. The van der Waals surface area contributed by atoms with Crippen LogP contribution in [0.2, 0.25) is 0 Å². The summed E-state index contributed by atoms with van der Waals surface area (Å²) in [6, 6.07) is 11.1. The van der Waals surface area contributed by atoms with Crippen molar-refractivity contribution < 1.29 is 23.5 Å². The van der Waals surface area contributed by atoms with Crippen LogP contribution in [0.3, 0.4) is 0 Å². The summed E-state index contributed by atoms with van der Waals surface area (Å²) in [4.78, 5) is 25.0. The summed E-state index contributed by atoms with van der Waals surface area (Å²) in [5.41, 5.74) is 1.79. The first-order valence-corrected chi connectivity index (χ1v) is 8.23. The molecule has 0 aliphatic heterocycles. The lowest BCUT2D eigenvalue weighted by Crippen LogP contribution is -2.33. The summed E-state index contributed by atoms with van der Waals surface area (Å²) < 4.78 is 15.8. The first kappa shape index (κ1) is 17.0. The van der Waals surface area contributed by atoms with Crippen molar-refractivity contribution in [3.63, 3.8) is 0 Å². The summed E-state index contributed by atoms with van der Waals surface area (Å²) in [5.74, 6) is -0.628. The maximum absolute atomic E-state index is 12.7. The summed E-state index contributed by atoms with van der Waals surface area (Å²) in [7, 11) is 1.61. The Morgan fingerprint density at radius 2 is 2.00 bits per heavy atom. The molecule has 1 aliphatic carbocycles. The highest BCUT2D eigenvalue weighted by Gasteiger charge is 2.41. The van der Waals surface area contributed by atoms with Crippen LogP contribution in [0.15, 0.2) is 53.2 Å². The van der Waals surface area contributed by atoms with Crippen molar-refractivity contribution >= 4 is 17.3 Å². The molecule has 0 radical (unpaired) electrons. The molecule has 1 aromatic carbocycles. The lowest BCUT2D eigenvalue weighted by atomic mass is 9.76. The van der Waals surface area contributed by atoms with E-state index in [1.54, 1.807) is 38.5 Å². The van der Waals surface area contributed by atoms with Gasteiger partial charge in [-0.15, -0.1) is 0 Å². The Morgan fingerprint density at radius 1 is 1.24 bits per heavy atom. The largest absolute Gasteiger partial charge is 0.497 e. The number of hydrogen-bond donors (Lipinski definition) is 0. The van der Waals surface area contributed by atoms with Gasteiger partial charge in [-0.1, -0.05) is 12.1 Å². The number of ketones is 1. The Bertz CT molecular complexity index is 771. The normalized spacial score (nSPS) is 20.1. The second kappa shape index (κ2) is 7.38. The van der Waals surface area contributed by atoms with Crippen LogP contribution in [0, 0.1) is 5.92 Å². The molecule has 0 bridgehead atoms. The number of rotatable bonds is 5. The molecule has 0 fully saturated rings. The number of benzene rings is 1. The number of allylic oxidation sites excluding steroid dienone is 2. The van der Waals surface area contributed by atoms with Crippen LogP contribution < -0.4 is 4.74 Å². The second-order valence-electron chi connectivity index (χ2n) is 5.86. The fourth-order valence-corrected chi connectivity index (χ4v) is 3.16. The number of furan rings is 1. The predicted molar refractivity (Wildman–Crippen MR) is 92.2 cm³/mol. The van der Waals surface area contributed by atoms with E-state index < -0.39 is 11.9 Å². The van der Waals surface area contributed by atoms with Crippen molar-refractivity contribution in [1.82, 2.24) is 0 Å². The zero-order valence-corrected chi connectivity index (χ0v) is 14.2. The van der Waals surface area contributed by atoms with Crippen LogP contribution in [0.1, 0.15) is 30.6 Å². The van der Waals surface area contributed by atoms with Gasteiger partial charge >= 0.3 is 5.97 Å². The monoisotopic (exact) mass is 340 g/mol. The number of hydrogen-bond acceptors (Lipinski definition) is 5. The molecule has 2 atom stereocenters. The molecule has 130 valence electrons. The highest BCUT2D eigenvalue weighted by atomic mass is 16.5.